The normalized spacial score (nSPS) is 11.0. The topological polar surface area (TPSA) is 42.9 Å². The molecule has 0 radical (unpaired) electrons. The molecular formula is C20H14N2O. The Kier molecular flexibility index (Phi) is 3.12. The molecule has 0 spiro atoms. The molecule has 0 saturated carbocycles. The van der Waals surface area contributed by atoms with Crippen molar-refractivity contribution in [3.05, 3.63) is 71.8 Å². The van der Waals surface area contributed by atoms with Crippen LogP contribution in [0.15, 0.2) is 60.7 Å². The summed E-state index contributed by atoms with van der Waals surface area (Å²) >= 11 is 0. The highest BCUT2D eigenvalue weighted by Gasteiger charge is 2.13. The minimum absolute atomic E-state index is 0.564. The van der Waals surface area contributed by atoms with Crippen molar-refractivity contribution in [1.29, 1.82) is 0 Å². The third-order valence-electron chi connectivity index (χ3n) is 4.02. The van der Waals surface area contributed by atoms with E-state index in [9.17, 15) is 4.79 Å². The maximum atomic E-state index is 11.6. The van der Waals surface area contributed by atoms with Crippen LogP contribution in [0.3, 0.4) is 0 Å². The van der Waals surface area contributed by atoms with Crippen LogP contribution in [-0.2, 0) is 0 Å². The fourth-order valence-corrected chi connectivity index (χ4v) is 2.87. The van der Waals surface area contributed by atoms with Crippen LogP contribution < -0.4 is 0 Å². The summed E-state index contributed by atoms with van der Waals surface area (Å²) in [5.41, 5.74) is 4.74. The Bertz CT molecular complexity index is 1050. The van der Waals surface area contributed by atoms with Crippen molar-refractivity contribution in [3.8, 4) is 11.4 Å². The molecule has 3 heteroatoms. The molecule has 23 heavy (non-hydrogen) atoms. The number of carbonyl (C=O) groups is 1. The van der Waals surface area contributed by atoms with E-state index in [4.69, 9.17) is 9.97 Å². The Morgan fingerprint density at radius 1 is 0.783 bits per heavy atom. The smallest absolute Gasteiger partial charge is 0.152 e. The molecule has 0 N–H and O–H groups in total. The lowest BCUT2D eigenvalue weighted by atomic mass is 10.0. The molecule has 110 valence electrons. The molecule has 0 bridgehead atoms. The van der Waals surface area contributed by atoms with E-state index in [-0.39, 0.29) is 0 Å². The number of hydrogen-bond acceptors (Lipinski definition) is 3. The lowest BCUT2D eigenvalue weighted by molar-refractivity contribution is 0.112. The Labute approximate surface area is 133 Å². The van der Waals surface area contributed by atoms with Gasteiger partial charge in [-0.2, -0.15) is 0 Å². The fraction of sp³-hybridized carbons (Fsp3) is 0.0500. The highest BCUT2D eigenvalue weighted by atomic mass is 16.1. The largest absolute Gasteiger partial charge is 0.298 e. The second kappa shape index (κ2) is 5.29. The van der Waals surface area contributed by atoms with Crippen molar-refractivity contribution in [2.75, 3.05) is 0 Å². The minimum atomic E-state index is 0.564. The maximum absolute atomic E-state index is 11.6. The summed E-state index contributed by atoms with van der Waals surface area (Å²) in [6.45, 7) is 2.00. The first kappa shape index (κ1) is 13.6. The molecule has 0 fully saturated rings. The molecule has 2 heterocycles. The van der Waals surface area contributed by atoms with Crippen molar-refractivity contribution in [2.45, 2.75) is 6.92 Å². The number of rotatable bonds is 2. The number of pyridine rings is 2. The van der Waals surface area contributed by atoms with Crippen molar-refractivity contribution in [3.63, 3.8) is 0 Å². The SMILES string of the molecule is Cc1cc2ccccc2nc1-c1nc2ccccc2cc1C=O. The van der Waals surface area contributed by atoms with Crippen LogP contribution in [0.1, 0.15) is 15.9 Å². The van der Waals surface area contributed by atoms with E-state index in [1.807, 2.05) is 61.5 Å². The molecule has 0 amide bonds. The van der Waals surface area contributed by atoms with Gasteiger partial charge in [-0.05, 0) is 36.8 Å². The van der Waals surface area contributed by atoms with E-state index in [1.165, 1.54) is 0 Å². The van der Waals surface area contributed by atoms with Gasteiger partial charge in [-0.15, -0.1) is 0 Å². The van der Waals surface area contributed by atoms with Crippen LogP contribution in [-0.4, -0.2) is 16.3 Å². The van der Waals surface area contributed by atoms with Gasteiger partial charge in [-0.3, -0.25) is 4.79 Å². The third kappa shape index (κ3) is 2.27. The maximum Gasteiger partial charge on any atom is 0.152 e. The Balaban J connectivity index is 2.04. The third-order valence-corrected chi connectivity index (χ3v) is 4.02. The molecule has 0 saturated heterocycles. The zero-order chi connectivity index (χ0) is 15.8. The highest BCUT2D eigenvalue weighted by molar-refractivity contribution is 5.94. The predicted octanol–water partition coefficient (Wildman–Crippen LogP) is 4.57. The molecule has 3 nitrogen and oxygen atoms in total. The number of hydrogen-bond donors (Lipinski definition) is 0. The van der Waals surface area contributed by atoms with Gasteiger partial charge in [0.2, 0.25) is 0 Å². The van der Waals surface area contributed by atoms with Gasteiger partial charge < -0.3 is 0 Å². The Morgan fingerprint density at radius 3 is 2.00 bits per heavy atom. The van der Waals surface area contributed by atoms with Gasteiger partial charge in [-0.25, -0.2) is 9.97 Å². The number of para-hydroxylation sites is 2. The molecule has 0 aliphatic carbocycles. The molecule has 4 aromatic rings. The number of fused-ring (bicyclic) bond motifs is 2. The molecule has 0 aliphatic rings. The highest BCUT2D eigenvalue weighted by Crippen LogP contribution is 2.28. The van der Waals surface area contributed by atoms with Crippen LogP contribution in [0.5, 0.6) is 0 Å². The average molecular weight is 298 g/mol. The number of aromatic nitrogens is 2. The van der Waals surface area contributed by atoms with Gasteiger partial charge in [-0.1, -0.05) is 36.4 Å². The molecule has 2 aromatic heterocycles. The van der Waals surface area contributed by atoms with Crippen LogP contribution in [0.25, 0.3) is 33.2 Å². The van der Waals surface area contributed by atoms with Gasteiger partial charge in [0.1, 0.15) is 5.69 Å². The van der Waals surface area contributed by atoms with E-state index in [0.29, 0.717) is 11.3 Å². The van der Waals surface area contributed by atoms with Crippen molar-refractivity contribution < 1.29 is 4.79 Å². The first-order valence-corrected chi connectivity index (χ1v) is 7.48. The van der Waals surface area contributed by atoms with E-state index in [0.717, 1.165) is 39.3 Å². The zero-order valence-electron chi connectivity index (χ0n) is 12.7. The van der Waals surface area contributed by atoms with Crippen LogP contribution in [0, 0.1) is 6.92 Å². The van der Waals surface area contributed by atoms with Crippen LogP contribution in [0.2, 0.25) is 0 Å². The summed E-state index contributed by atoms with van der Waals surface area (Å²) < 4.78 is 0. The molecule has 2 aromatic carbocycles. The van der Waals surface area contributed by atoms with E-state index in [1.54, 1.807) is 0 Å². The van der Waals surface area contributed by atoms with Crippen LogP contribution in [0.4, 0.5) is 0 Å². The molecular weight excluding hydrogens is 284 g/mol. The van der Waals surface area contributed by atoms with E-state index < -0.39 is 0 Å². The summed E-state index contributed by atoms with van der Waals surface area (Å²) in [6.07, 6.45) is 0.852. The average Bonchev–Trinajstić information content (AvgIpc) is 2.60. The zero-order valence-corrected chi connectivity index (χ0v) is 12.7. The fourth-order valence-electron chi connectivity index (χ4n) is 2.87. The standard InChI is InChI=1S/C20H14N2O/c1-13-10-14-6-2-4-8-17(14)21-19(13)20-16(12-23)11-15-7-3-5-9-18(15)22-20/h2-12H,1H3. The predicted molar refractivity (Wildman–Crippen MR) is 92.6 cm³/mol. The van der Waals surface area contributed by atoms with Crippen LogP contribution >= 0.6 is 0 Å². The Morgan fingerprint density at radius 2 is 1.35 bits per heavy atom. The van der Waals surface area contributed by atoms with E-state index >= 15 is 0 Å². The second-order valence-corrected chi connectivity index (χ2v) is 5.58. The Hall–Kier alpha value is -3.07. The molecule has 0 atom stereocenters. The van der Waals surface area contributed by atoms with Crippen molar-refractivity contribution >= 4 is 28.1 Å². The summed E-state index contributed by atoms with van der Waals surface area (Å²) in [7, 11) is 0. The summed E-state index contributed by atoms with van der Waals surface area (Å²) in [4.78, 5) is 21.0. The first-order chi connectivity index (χ1) is 11.3. The minimum Gasteiger partial charge on any atom is -0.298 e. The second-order valence-electron chi connectivity index (χ2n) is 5.58. The van der Waals surface area contributed by atoms with Gasteiger partial charge in [0.15, 0.2) is 6.29 Å². The number of nitrogens with zero attached hydrogens (tertiary/aromatic N) is 2. The van der Waals surface area contributed by atoms with Crippen molar-refractivity contribution in [2.24, 2.45) is 0 Å². The lowest BCUT2D eigenvalue weighted by Crippen LogP contribution is -1.98. The van der Waals surface area contributed by atoms with Gasteiger partial charge in [0, 0.05) is 16.3 Å². The number of carbonyl (C=O) groups excluding carboxylic acids is 1. The first-order valence-electron chi connectivity index (χ1n) is 7.48. The summed E-state index contributed by atoms with van der Waals surface area (Å²) in [5.74, 6) is 0. The molecule has 0 unspecified atom stereocenters. The van der Waals surface area contributed by atoms with Gasteiger partial charge >= 0.3 is 0 Å². The quantitative estimate of drug-likeness (QED) is 0.509. The lowest BCUT2D eigenvalue weighted by Gasteiger charge is -2.10. The van der Waals surface area contributed by atoms with Gasteiger partial charge in [0.05, 0.1) is 16.7 Å². The van der Waals surface area contributed by atoms with Crippen molar-refractivity contribution in [1.82, 2.24) is 9.97 Å². The summed E-state index contributed by atoms with van der Waals surface area (Å²) in [6, 6.07) is 19.7. The summed E-state index contributed by atoms with van der Waals surface area (Å²) in [5, 5.41) is 2.04. The molecule has 4 rings (SSSR count). The number of aldehydes is 1. The molecule has 0 aliphatic heterocycles. The monoisotopic (exact) mass is 298 g/mol. The van der Waals surface area contributed by atoms with Gasteiger partial charge in [0.25, 0.3) is 0 Å². The number of benzene rings is 2. The number of aryl methyl sites for hydroxylation is 1. The van der Waals surface area contributed by atoms with E-state index in [2.05, 4.69) is 6.07 Å².